The maximum Gasteiger partial charge on any atom is 0.241 e. The lowest BCUT2D eigenvalue weighted by atomic mass is 9.70. The zero-order chi connectivity index (χ0) is 17.3. The van der Waals surface area contributed by atoms with Gasteiger partial charge in [-0.05, 0) is 30.6 Å². The van der Waals surface area contributed by atoms with Gasteiger partial charge in [0.15, 0.2) is 0 Å². The van der Waals surface area contributed by atoms with Crippen LogP contribution in [0.5, 0.6) is 0 Å². The molecule has 1 aliphatic heterocycles. The number of nitrogens with one attached hydrogen (secondary N) is 1. The summed E-state index contributed by atoms with van der Waals surface area (Å²) < 4.78 is 0. The fourth-order valence-electron chi connectivity index (χ4n) is 3.90. The first-order valence-corrected chi connectivity index (χ1v) is 8.91. The van der Waals surface area contributed by atoms with Gasteiger partial charge in [0.2, 0.25) is 5.91 Å². The molecular weight excluding hydrogens is 302 g/mol. The largest absolute Gasteiger partial charge is 0.367 e. The van der Waals surface area contributed by atoms with Crippen molar-refractivity contribution < 1.29 is 4.79 Å². The molecule has 0 spiro atoms. The maximum atomic E-state index is 11.9. The van der Waals surface area contributed by atoms with Gasteiger partial charge in [0.05, 0.1) is 6.54 Å². The summed E-state index contributed by atoms with van der Waals surface area (Å²) in [5.74, 6) is 2.45. The number of rotatable bonds is 3. The Morgan fingerprint density at radius 3 is 2.79 bits per heavy atom. The molecule has 2 fully saturated rings. The van der Waals surface area contributed by atoms with E-state index in [1.807, 2.05) is 18.0 Å². The summed E-state index contributed by atoms with van der Waals surface area (Å²) in [7, 11) is 1.85. The molecule has 1 aromatic rings. The summed E-state index contributed by atoms with van der Waals surface area (Å²) in [6, 6.07) is 2.43. The smallest absolute Gasteiger partial charge is 0.241 e. The van der Waals surface area contributed by atoms with Crippen LogP contribution in [0, 0.1) is 11.3 Å². The number of hydrogen-bond donors (Lipinski definition) is 1. The number of hydrogen-bond acceptors (Lipinski definition) is 5. The second-order valence-electron chi connectivity index (χ2n) is 8.13. The highest BCUT2D eigenvalue weighted by Crippen LogP contribution is 2.39. The molecule has 6 nitrogen and oxygen atoms in total. The number of nitrogens with zero attached hydrogens (tertiary/aromatic N) is 4. The molecule has 6 heteroatoms. The average molecular weight is 331 g/mol. The van der Waals surface area contributed by atoms with E-state index in [2.05, 4.69) is 36.1 Å². The van der Waals surface area contributed by atoms with Gasteiger partial charge in [-0.15, -0.1) is 0 Å². The minimum atomic E-state index is 0.137. The molecule has 24 heavy (non-hydrogen) atoms. The van der Waals surface area contributed by atoms with Crippen molar-refractivity contribution in [3.63, 3.8) is 0 Å². The molecule has 2 heterocycles. The van der Waals surface area contributed by atoms with Gasteiger partial charge in [-0.1, -0.05) is 20.8 Å². The first-order chi connectivity index (χ1) is 11.3. The van der Waals surface area contributed by atoms with E-state index in [-0.39, 0.29) is 5.91 Å². The summed E-state index contributed by atoms with van der Waals surface area (Å²) in [4.78, 5) is 24.5. The Bertz CT molecular complexity index is 603. The molecule has 132 valence electrons. The van der Waals surface area contributed by atoms with Crippen molar-refractivity contribution in [2.75, 3.05) is 36.9 Å². The van der Waals surface area contributed by atoms with Crippen LogP contribution < -0.4 is 10.2 Å². The molecular formula is C18H29N5O. The van der Waals surface area contributed by atoms with Crippen LogP contribution >= 0.6 is 0 Å². The molecule has 1 saturated heterocycles. The first-order valence-electron chi connectivity index (χ1n) is 8.91. The van der Waals surface area contributed by atoms with Gasteiger partial charge in [-0.3, -0.25) is 4.79 Å². The summed E-state index contributed by atoms with van der Waals surface area (Å²) in [6.45, 7) is 8.97. The Kier molecular flexibility index (Phi) is 4.65. The second-order valence-corrected chi connectivity index (χ2v) is 8.13. The van der Waals surface area contributed by atoms with Gasteiger partial charge in [0.25, 0.3) is 0 Å². The minimum Gasteiger partial charge on any atom is -0.367 e. The minimum absolute atomic E-state index is 0.137. The molecule has 2 aliphatic rings. The fourth-order valence-corrected chi connectivity index (χ4v) is 3.90. The molecule has 1 amide bonds. The normalized spacial score (nSPS) is 27.2. The standard InChI is InChI=1S/C18H29N5O/c1-13-10-18(2,3)6-5-14(13)21-15-9-16(20-12-19-15)23-8-7-22(4)17(24)11-23/h9,12-14H,5-8,10-11H2,1-4H3,(H,19,20,21). The number of anilines is 2. The second kappa shape index (κ2) is 6.57. The van der Waals surface area contributed by atoms with Gasteiger partial charge in [0, 0.05) is 32.2 Å². The van der Waals surface area contributed by atoms with E-state index in [0.29, 0.717) is 23.9 Å². The molecule has 2 atom stereocenters. The number of aromatic nitrogens is 2. The molecule has 1 aliphatic carbocycles. The fraction of sp³-hybridized carbons (Fsp3) is 0.722. The van der Waals surface area contributed by atoms with Gasteiger partial charge in [-0.25, -0.2) is 9.97 Å². The van der Waals surface area contributed by atoms with Crippen LogP contribution in [-0.4, -0.2) is 53.5 Å². The third-order valence-corrected chi connectivity index (χ3v) is 5.46. The maximum absolute atomic E-state index is 11.9. The quantitative estimate of drug-likeness (QED) is 0.921. The van der Waals surface area contributed by atoms with E-state index in [4.69, 9.17) is 0 Å². The van der Waals surface area contributed by atoms with E-state index >= 15 is 0 Å². The Balaban J connectivity index is 1.67. The Morgan fingerprint density at radius 2 is 2.08 bits per heavy atom. The number of piperazine rings is 1. The van der Waals surface area contributed by atoms with Crippen LogP contribution in [-0.2, 0) is 4.79 Å². The van der Waals surface area contributed by atoms with Crippen LogP contribution in [0.25, 0.3) is 0 Å². The zero-order valence-corrected chi connectivity index (χ0v) is 15.2. The molecule has 2 unspecified atom stereocenters. The highest BCUT2D eigenvalue weighted by atomic mass is 16.2. The molecule has 0 aromatic carbocycles. The summed E-state index contributed by atoms with van der Waals surface area (Å²) >= 11 is 0. The summed E-state index contributed by atoms with van der Waals surface area (Å²) in [5, 5.41) is 3.59. The van der Waals surface area contributed by atoms with Crippen molar-refractivity contribution in [2.24, 2.45) is 11.3 Å². The van der Waals surface area contributed by atoms with E-state index in [1.165, 1.54) is 19.3 Å². The van der Waals surface area contributed by atoms with E-state index < -0.39 is 0 Å². The molecule has 1 aromatic heterocycles. The Morgan fingerprint density at radius 1 is 1.29 bits per heavy atom. The number of likely N-dealkylation sites (N-methyl/N-ethyl adjacent to an activating group) is 1. The third-order valence-electron chi connectivity index (χ3n) is 5.46. The number of carbonyl (C=O) groups excluding carboxylic acids is 1. The molecule has 1 saturated carbocycles. The molecule has 1 N–H and O–H groups in total. The monoisotopic (exact) mass is 331 g/mol. The topological polar surface area (TPSA) is 61.4 Å². The lowest BCUT2D eigenvalue weighted by Gasteiger charge is -2.39. The van der Waals surface area contributed by atoms with Crippen LogP contribution in [0.4, 0.5) is 11.6 Å². The third kappa shape index (κ3) is 3.79. The number of carbonyl (C=O) groups is 1. The van der Waals surface area contributed by atoms with Crippen LogP contribution in [0.3, 0.4) is 0 Å². The van der Waals surface area contributed by atoms with Gasteiger partial charge >= 0.3 is 0 Å². The van der Waals surface area contributed by atoms with Crippen LogP contribution in [0.1, 0.15) is 40.0 Å². The van der Waals surface area contributed by atoms with Crippen molar-refractivity contribution in [2.45, 2.75) is 46.1 Å². The van der Waals surface area contributed by atoms with E-state index in [9.17, 15) is 4.79 Å². The summed E-state index contributed by atoms with van der Waals surface area (Å²) in [5.41, 5.74) is 0.439. The highest BCUT2D eigenvalue weighted by Gasteiger charge is 2.32. The first kappa shape index (κ1) is 17.0. The molecule has 0 bridgehead atoms. The van der Waals surface area contributed by atoms with Crippen molar-refractivity contribution in [3.05, 3.63) is 12.4 Å². The molecule has 3 rings (SSSR count). The molecule has 0 radical (unpaired) electrons. The highest BCUT2D eigenvalue weighted by molar-refractivity contribution is 5.82. The van der Waals surface area contributed by atoms with Gasteiger partial charge in [0.1, 0.15) is 18.0 Å². The Hall–Kier alpha value is -1.85. The lowest BCUT2D eigenvalue weighted by molar-refractivity contribution is -0.129. The van der Waals surface area contributed by atoms with Gasteiger partial charge < -0.3 is 15.1 Å². The zero-order valence-electron chi connectivity index (χ0n) is 15.2. The number of amides is 1. The average Bonchev–Trinajstić information content (AvgIpc) is 2.53. The van der Waals surface area contributed by atoms with Crippen molar-refractivity contribution in [3.8, 4) is 0 Å². The SMILES string of the molecule is CC1CC(C)(C)CCC1Nc1cc(N2CCN(C)C(=O)C2)ncn1. The summed E-state index contributed by atoms with van der Waals surface area (Å²) in [6.07, 6.45) is 5.23. The lowest BCUT2D eigenvalue weighted by Crippen LogP contribution is -2.48. The van der Waals surface area contributed by atoms with E-state index in [1.54, 1.807) is 11.2 Å². The predicted octanol–water partition coefficient (Wildman–Crippen LogP) is 2.38. The van der Waals surface area contributed by atoms with Crippen molar-refractivity contribution >= 4 is 17.5 Å². The van der Waals surface area contributed by atoms with Crippen LogP contribution in [0.2, 0.25) is 0 Å². The van der Waals surface area contributed by atoms with Crippen molar-refractivity contribution in [1.29, 1.82) is 0 Å². The van der Waals surface area contributed by atoms with Crippen molar-refractivity contribution in [1.82, 2.24) is 14.9 Å². The van der Waals surface area contributed by atoms with E-state index in [0.717, 1.165) is 24.7 Å². The van der Waals surface area contributed by atoms with Gasteiger partial charge in [-0.2, -0.15) is 0 Å². The van der Waals surface area contributed by atoms with Crippen LogP contribution in [0.15, 0.2) is 12.4 Å². The Labute approximate surface area is 144 Å². The predicted molar refractivity (Wildman–Crippen MR) is 96.1 cm³/mol.